The van der Waals surface area contributed by atoms with E-state index in [1.54, 1.807) is 31.7 Å². The molecule has 5 amide bonds. The fraction of sp³-hybridized carbons (Fsp3) is 0.632. The van der Waals surface area contributed by atoms with Gasteiger partial charge in [0.15, 0.2) is 0 Å². The molecular formula is C38H57FN8O6. The van der Waals surface area contributed by atoms with Gasteiger partial charge in [0.05, 0.1) is 12.3 Å². The lowest BCUT2D eigenvalue weighted by Gasteiger charge is -2.40. The second-order valence-corrected chi connectivity index (χ2v) is 14.5. The summed E-state index contributed by atoms with van der Waals surface area (Å²) in [5.74, 6) is -2.90. The molecule has 2 aliphatic carbocycles. The SMILES string of the molecule is CCN=C(/C=C\N)C(=O)N[C@H](C(=O)Nc1ccc([C@H](C)[C@@H](NC(=O)[C@H](C)N(C)C(=O)OCC)C(=O)N2CCN(C)[C@H](C)C2)cc1F)C(C1CC1)C1CC1. The molecule has 5 N–H and O–H groups in total. The zero-order valence-electron chi connectivity index (χ0n) is 32.1. The van der Waals surface area contributed by atoms with Gasteiger partial charge in [-0.1, -0.05) is 13.0 Å². The van der Waals surface area contributed by atoms with Gasteiger partial charge in [0.1, 0.15) is 29.7 Å². The van der Waals surface area contributed by atoms with Crippen molar-refractivity contribution in [3.8, 4) is 0 Å². The first-order valence-corrected chi connectivity index (χ1v) is 18.7. The number of hydrogen-bond donors (Lipinski definition) is 4. The van der Waals surface area contributed by atoms with Crippen molar-refractivity contribution in [1.82, 2.24) is 25.3 Å². The number of hydrogen-bond acceptors (Lipinski definition) is 9. The minimum atomic E-state index is -1.09. The molecular weight excluding hydrogens is 683 g/mol. The van der Waals surface area contributed by atoms with E-state index in [-0.39, 0.29) is 47.7 Å². The van der Waals surface area contributed by atoms with Crippen molar-refractivity contribution < 1.29 is 33.1 Å². The number of piperazine rings is 1. The highest BCUT2D eigenvalue weighted by Crippen LogP contribution is 2.51. The predicted octanol–water partition coefficient (Wildman–Crippen LogP) is 2.85. The smallest absolute Gasteiger partial charge is 0.410 e. The van der Waals surface area contributed by atoms with Crippen LogP contribution in [0.3, 0.4) is 0 Å². The molecule has 15 heteroatoms. The molecule has 0 unspecified atom stereocenters. The minimum absolute atomic E-state index is 0.0793. The summed E-state index contributed by atoms with van der Waals surface area (Å²) in [6.07, 6.45) is 5.77. The zero-order chi connectivity index (χ0) is 39.0. The largest absolute Gasteiger partial charge is 0.450 e. The maximum Gasteiger partial charge on any atom is 0.410 e. The molecule has 1 aliphatic heterocycles. The summed E-state index contributed by atoms with van der Waals surface area (Å²) in [6.45, 7) is 10.7. The van der Waals surface area contributed by atoms with Crippen LogP contribution in [0.4, 0.5) is 14.9 Å². The summed E-state index contributed by atoms with van der Waals surface area (Å²) in [7, 11) is 3.42. The van der Waals surface area contributed by atoms with Crippen molar-refractivity contribution in [2.24, 2.45) is 28.5 Å². The Morgan fingerprint density at radius 2 is 1.70 bits per heavy atom. The van der Waals surface area contributed by atoms with Crippen LogP contribution in [0.15, 0.2) is 35.5 Å². The van der Waals surface area contributed by atoms with Gasteiger partial charge in [0.25, 0.3) is 5.91 Å². The third-order valence-corrected chi connectivity index (χ3v) is 10.7. The Hall–Kier alpha value is -4.53. The number of nitrogens with two attached hydrogens (primary N) is 1. The lowest BCUT2D eigenvalue weighted by atomic mass is 9.88. The van der Waals surface area contributed by atoms with Crippen LogP contribution < -0.4 is 21.7 Å². The molecule has 2 saturated carbocycles. The molecule has 292 valence electrons. The molecule has 0 bridgehead atoms. The van der Waals surface area contributed by atoms with Crippen LogP contribution in [-0.4, -0.2) is 121 Å². The molecule has 0 aromatic heterocycles. The Bertz CT molecular complexity index is 1550. The van der Waals surface area contributed by atoms with Crippen molar-refractivity contribution in [3.05, 3.63) is 41.9 Å². The van der Waals surface area contributed by atoms with Gasteiger partial charge in [0.2, 0.25) is 17.7 Å². The Kier molecular flexibility index (Phi) is 14.4. The molecule has 1 saturated heterocycles. The van der Waals surface area contributed by atoms with Crippen LogP contribution >= 0.6 is 0 Å². The maximum atomic E-state index is 15.9. The van der Waals surface area contributed by atoms with Crippen molar-refractivity contribution >= 4 is 41.1 Å². The van der Waals surface area contributed by atoms with E-state index in [2.05, 4.69) is 25.8 Å². The number of nitrogens with zero attached hydrogens (tertiary/aromatic N) is 4. The quantitative estimate of drug-likeness (QED) is 0.187. The number of carbonyl (C=O) groups is 5. The first kappa shape index (κ1) is 41.2. The van der Waals surface area contributed by atoms with Crippen molar-refractivity contribution in [1.29, 1.82) is 0 Å². The first-order valence-electron chi connectivity index (χ1n) is 18.7. The average molecular weight is 741 g/mol. The van der Waals surface area contributed by atoms with Crippen LogP contribution in [0, 0.1) is 23.6 Å². The van der Waals surface area contributed by atoms with Crippen molar-refractivity contribution in [2.45, 2.75) is 90.4 Å². The van der Waals surface area contributed by atoms with Crippen LogP contribution in [0.5, 0.6) is 0 Å². The molecule has 1 heterocycles. The lowest BCUT2D eigenvalue weighted by molar-refractivity contribution is -0.140. The molecule has 14 nitrogen and oxygen atoms in total. The van der Waals surface area contributed by atoms with Gasteiger partial charge in [0, 0.05) is 45.2 Å². The average Bonchev–Trinajstić information content (AvgIpc) is 4.07. The van der Waals surface area contributed by atoms with E-state index >= 15 is 4.39 Å². The molecule has 5 atom stereocenters. The number of anilines is 1. The fourth-order valence-corrected chi connectivity index (χ4v) is 6.90. The molecule has 53 heavy (non-hydrogen) atoms. The highest BCUT2D eigenvalue weighted by Gasteiger charge is 2.48. The van der Waals surface area contributed by atoms with Crippen molar-refractivity contribution in [3.63, 3.8) is 0 Å². The molecule has 0 spiro atoms. The number of ether oxygens (including phenoxy) is 1. The normalized spacial score (nSPS) is 20.4. The summed E-state index contributed by atoms with van der Waals surface area (Å²) >= 11 is 0. The van der Waals surface area contributed by atoms with E-state index in [4.69, 9.17) is 10.5 Å². The standard InChI is InChI=1S/C38H57FN8O6/c1-8-41-30(16-17-40)35(49)44-33(31(25-10-11-25)26-12-13-26)36(50)42-29-15-14-27(20-28(29)39)23(4)32(37(51)47-19-18-45(6)22(3)21-47)43-34(48)24(5)46(7)38(52)53-9-2/h14-17,20,22-26,31-33H,8-13,18-19,21,40H2,1-7H3,(H,42,50)(H,43,48)(H,44,49)/b17-16-,41-30?/t22-,23+,24+,32-,33+/m1/s1. The molecule has 4 rings (SSSR count). The number of nitrogens with one attached hydrogen (secondary N) is 3. The molecule has 1 aromatic rings. The Morgan fingerprint density at radius 3 is 2.25 bits per heavy atom. The topological polar surface area (TPSA) is 179 Å². The van der Waals surface area contributed by atoms with E-state index in [9.17, 15) is 24.0 Å². The number of rotatable bonds is 16. The van der Waals surface area contributed by atoms with Crippen molar-refractivity contribution in [2.75, 3.05) is 52.2 Å². The molecule has 1 aromatic carbocycles. The number of benzene rings is 1. The van der Waals surface area contributed by atoms with Gasteiger partial charge < -0.3 is 36.2 Å². The summed E-state index contributed by atoms with van der Waals surface area (Å²) < 4.78 is 21.0. The summed E-state index contributed by atoms with van der Waals surface area (Å²) in [6, 6.07) is 1.42. The van der Waals surface area contributed by atoms with Gasteiger partial charge in [-0.3, -0.25) is 29.1 Å². The summed E-state index contributed by atoms with van der Waals surface area (Å²) in [5, 5.41) is 8.44. The first-order chi connectivity index (χ1) is 25.2. The lowest BCUT2D eigenvalue weighted by Crippen LogP contribution is -2.59. The predicted molar refractivity (Wildman–Crippen MR) is 200 cm³/mol. The van der Waals surface area contributed by atoms with E-state index in [0.29, 0.717) is 31.7 Å². The highest BCUT2D eigenvalue weighted by atomic mass is 19.1. The Labute approximate surface area is 312 Å². The monoisotopic (exact) mass is 740 g/mol. The van der Waals surface area contributed by atoms with Gasteiger partial charge in [-0.15, -0.1) is 0 Å². The molecule has 0 radical (unpaired) electrons. The number of amides is 5. The van der Waals surface area contributed by atoms with E-state index in [1.807, 2.05) is 14.0 Å². The molecule has 3 fully saturated rings. The van der Waals surface area contributed by atoms with Gasteiger partial charge in [-0.05, 0) is 108 Å². The second kappa shape index (κ2) is 18.5. The number of halogens is 1. The second-order valence-electron chi connectivity index (χ2n) is 14.5. The zero-order valence-corrected chi connectivity index (χ0v) is 32.1. The number of aliphatic imine (C=N–C) groups is 1. The van der Waals surface area contributed by atoms with Crippen LogP contribution in [0.2, 0.25) is 0 Å². The van der Waals surface area contributed by atoms with Gasteiger partial charge in [-0.25, -0.2) is 9.18 Å². The third kappa shape index (κ3) is 10.5. The van der Waals surface area contributed by atoms with E-state index in [0.717, 1.165) is 30.6 Å². The summed E-state index contributed by atoms with van der Waals surface area (Å²) in [4.78, 5) is 76.3. The van der Waals surface area contributed by atoms with E-state index in [1.165, 1.54) is 38.4 Å². The summed E-state index contributed by atoms with van der Waals surface area (Å²) in [5.41, 5.74) is 5.99. The van der Waals surface area contributed by atoms with Crippen LogP contribution in [-0.2, 0) is 23.9 Å². The highest BCUT2D eigenvalue weighted by molar-refractivity contribution is 6.43. The Balaban J connectivity index is 1.57. The van der Waals surface area contributed by atoms with Crippen LogP contribution in [0.1, 0.15) is 71.8 Å². The number of likely N-dealkylation sites (N-methyl/N-ethyl adjacent to an activating group) is 2. The fourth-order valence-electron chi connectivity index (χ4n) is 6.90. The maximum absolute atomic E-state index is 15.9. The van der Waals surface area contributed by atoms with Gasteiger partial charge in [-0.2, -0.15) is 0 Å². The van der Waals surface area contributed by atoms with E-state index < -0.39 is 53.7 Å². The third-order valence-electron chi connectivity index (χ3n) is 10.7. The molecule has 3 aliphatic rings. The van der Waals surface area contributed by atoms with Crippen LogP contribution in [0.25, 0.3) is 0 Å². The van der Waals surface area contributed by atoms with Gasteiger partial charge >= 0.3 is 6.09 Å². The number of carbonyl (C=O) groups excluding carboxylic acids is 5. The minimum Gasteiger partial charge on any atom is -0.450 e. The Morgan fingerprint density at radius 1 is 1.04 bits per heavy atom.